The summed E-state index contributed by atoms with van der Waals surface area (Å²) in [5.74, 6) is -0.723. The number of hydrogen-bond donors (Lipinski definition) is 0. The maximum Gasteiger partial charge on any atom is 0.309 e. The minimum absolute atomic E-state index is 0.107. The molecule has 0 aliphatic heterocycles. The maximum absolute atomic E-state index is 13.4. The van der Waals surface area contributed by atoms with Gasteiger partial charge in [0.2, 0.25) is 0 Å². The van der Waals surface area contributed by atoms with Crippen LogP contribution in [-0.2, 0) is 16.0 Å². The molecular formula is C14H14FNO2. The van der Waals surface area contributed by atoms with E-state index in [1.165, 1.54) is 12.1 Å². The van der Waals surface area contributed by atoms with Crippen LogP contribution < -0.4 is 0 Å². The highest BCUT2D eigenvalue weighted by molar-refractivity contribution is 5.72. The largest absolute Gasteiger partial charge is 0.466 e. The van der Waals surface area contributed by atoms with E-state index in [1.54, 1.807) is 25.1 Å². The van der Waals surface area contributed by atoms with E-state index in [9.17, 15) is 9.18 Å². The fourth-order valence-corrected chi connectivity index (χ4v) is 1.42. The number of benzene rings is 1. The summed E-state index contributed by atoms with van der Waals surface area (Å²) in [7, 11) is 0. The molecule has 0 aliphatic rings. The fraction of sp³-hybridized carbons (Fsp3) is 0.286. The van der Waals surface area contributed by atoms with Gasteiger partial charge in [-0.1, -0.05) is 18.2 Å². The van der Waals surface area contributed by atoms with Crippen LogP contribution in [0.1, 0.15) is 24.5 Å². The van der Waals surface area contributed by atoms with Crippen LogP contribution in [0.15, 0.2) is 24.3 Å². The molecule has 1 rings (SSSR count). The summed E-state index contributed by atoms with van der Waals surface area (Å²) in [4.78, 5) is 11.1. The lowest BCUT2D eigenvalue weighted by Crippen LogP contribution is -2.01. The van der Waals surface area contributed by atoms with Crippen molar-refractivity contribution in [3.63, 3.8) is 0 Å². The average Bonchev–Trinajstić information content (AvgIpc) is 2.34. The van der Waals surface area contributed by atoms with Crippen LogP contribution in [-0.4, -0.2) is 12.6 Å². The molecule has 0 atom stereocenters. The highest BCUT2D eigenvalue weighted by atomic mass is 19.1. The van der Waals surface area contributed by atoms with E-state index >= 15 is 0 Å². The Labute approximate surface area is 105 Å². The molecule has 0 bridgehead atoms. The number of carbonyl (C=O) groups excluding carboxylic acids is 1. The molecule has 4 heteroatoms. The zero-order chi connectivity index (χ0) is 13.4. The molecule has 1 aromatic rings. The molecule has 18 heavy (non-hydrogen) atoms. The summed E-state index contributed by atoms with van der Waals surface area (Å²) < 4.78 is 18.2. The number of nitriles is 1. The molecule has 0 N–H and O–H groups in total. The van der Waals surface area contributed by atoms with E-state index in [4.69, 9.17) is 10.00 Å². The van der Waals surface area contributed by atoms with Crippen molar-refractivity contribution in [1.29, 1.82) is 5.26 Å². The first-order valence-electron chi connectivity index (χ1n) is 5.65. The highest BCUT2D eigenvalue weighted by Gasteiger charge is 2.01. The molecule has 0 unspecified atom stereocenters. The zero-order valence-electron chi connectivity index (χ0n) is 10.1. The Morgan fingerprint density at radius 3 is 3.00 bits per heavy atom. The number of esters is 1. The summed E-state index contributed by atoms with van der Waals surface area (Å²) in [5, 5.41) is 8.56. The van der Waals surface area contributed by atoms with Crippen molar-refractivity contribution >= 4 is 12.0 Å². The third kappa shape index (κ3) is 4.38. The molecule has 0 saturated carbocycles. The lowest BCUT2D eigenvalue weighted by Gasteiger charge is -2.00. The predicted molar refractivity (Wildman–Crippen MR) is 66.0 cm³/mol. The Morgan fingerprint density at radius 2 is 2.33 bits per heavy atom. The molecule has 0 radical (unpaired) electrons. The van der Waals surface area contributed by atoms with Gasteiger partial charge in [-0.25, -0.2) is 4.39 Å². The lowest BCUT2D eigenvalue weighted by molar-refractivity contribution is -0.142. The van der Waals surface area contributed by atoms with Crippen LogP contribution in [0.5, 0.6) is 0 Å². The second kappa shape index (κ2) is 7.23. The van der Waals surface area contributed by atoms with Gasteiger partial charge >= 0.3 is 5.97 Å². The second-order valence-electron chi connectivity index (χ2n) is 3.60. The number of rotatable bonds is 5. The van der Waals surface area contributed by atoms with Crippen molar-refractivity contribution in [2.24, 2.45) is 0 Å². The SMILES string of the molecule is CCOC(=O)CC=Cc1cc(CC#N)ccc1F. The van der Waals surface area contributed by atoms with Crippen LogP contribution in [0.4, 0.5) is 4.39 Å². The molecule has 0 heterocycles. The first-order valence-corrected chi connectivity index (χ1v) is 5.65. The molecule has 0 aromatic heterocycles. The van der Waals surface area contributed by atoms with Gasteiger partial charge in [0.05, 0.1) is 25.5 Å². The number of carbonyl (C=O) groups is 1. The average molecular weight is 247 g/mol. The van der Waals surface area contributed by atoms with Crippen molar-refractivity contribution in [2.45, 2.75) is 19.8 Å². The summed E-state index contributed by atoms with van der Waals surface area (Å²) in [6.07, 6.45) is 3.41. The Hall–Kier alpha value is -2.15. The van der Waals surface area contributed by atoms with Gasteiger partial charge in [0.15, 0.2) is 0 Å². The van der Waals surface area contributed by atoms with Gasteiger partial charge in [-0.15, -0.1) is 0 Å². The smallest absolute Gasteiger partial charge is 0.309 e. The Morgan fingerprint density at radius 1 is 1.56 bits per heavy atom. The van der Waals surface area contributed by atoms with Crippen molar-refractivity contribution in [3.05, 3.63) is 41.2 Å². The summed E-state index contributed by atoms with van der Waals surface area (Å²) in [5.41, 5.74) is 1.11. The normalized spacial score (nSPS) is 10.3. The third-order valence-corrected chi connectivity index (χ3v) is 2.23. The maximum atomic E-state index is 13.4. The lowest BCUT2D eigenvalue weighted by atomic mass is 10.1. The third-order valence-electron chi connectivity index (χ3n) is 2.23. The van der Waals surface area contributed by atoms with E-state index < -0.39 is 0 Å². The molecule has 0 fully saturated rings. The number of nitrogens with zero attached hydrogens (tertiary/aromatic N) is 1. The fourth-order valence-electron chi connectivity index (χ4n) is 1.42. The molecule has 0 aliphatic carbocycles. The number of halogens is 1. The van der Waals surface area contributed by atoms with Crippen molar-refractivity contribution in [2.75, 3.05) is 6.61 Å². The van der Waals surface area contributed by atoms with Gasteiger partial charge in [0.1, 0.15) is 5.82 Å². The van der Waals surface area contributed by atoms with Gasteiger partial charge in [-0.2, -0.15) is 5.26 Å². The minimum Gasteiger partial charge on any atom is -0.466 e. The van der Waals surface area contributed by atoms with Crippen LogP contribution in [0, 0.1) is 17.1 Å². The standard InChI is InChI=1S/C14H14FNO2/c1-2-18-14(17)5-3-4-12-10-11(8-9-16)6-7-13(12)15/h3-4,6-7,10H,2,5,8H2,1H3. The monoisotopic (exact) mass is 247 g/mol. The van der Waals surface area contributed by atoms with Crippen molar-refractivity contribution < 1.29 is 13.9 Å². The van der Waals surface area contributed by atoms with Crippen LogP contribution in [0.3, 0.4) is 0 Å². The molecule has 3 nitrogen and oxygen atoms in total. The van der Waals surface area contributed by atoms with E-state index in [0.717, 1.165) is 5.56 Å². The van der Waals surface area contributed by atoms with Crippen LogP contribution in [0.25, 0.3) is 6.08 Å². The molecule has 0 amide bonds. The van der Waals surface area contributed by atoms with Crippen molar-refractivity contribution in [3.8, 4) is 6.07 Å². The van der Waals surface area contributed by atoms with Crippen molar-refractivity contribution in [1.82, 2.24) is 0 Å². The highest BCUT2D eigenvalue weighted by Crippen LogP contribution is 2.13. The molecular weight excluding hydrogens is 233 g/mol. The van der Waals surface area contributed by atoms with Crippen LogP contribution in [0.2, 0.25) is 0 Å². The molecule has 94 valence electrons. The van der Waals surface area contributed by atoms with Gasteiger partial charge < -0.3 is 4.74 Å². The zero-order valence-corrected chi connectivity index (χ0v) is 10.1. The first kappa shape index (κ1) is 13.9. The molecule has 0 saturated heterocycles. The molecule has 0 spiro atoms. The van der Waals surface area contributed by atoms with Gasteiger partial charge in [0.25, 0.3) is 0 Å². The minimum atomic E-state index is -0.378. The quantitative estimate of drug-likeness (QED) is 0.752. The predicted octanol–water partition coefficient (Wildman–Crippen LogP) is 2.86. The van der Waals surface area contributed by atoms with E-state index in [0.29, 0.717) is 12.2 Å². The van der Waals surface area contributed by atoms with Crippen LogP contribution >= 0.6 is 0 Å². The Balaban J connectivity index is 2.71. The van der Waals surface area contributed by atoms with E-state index in [-0.39, 0.29) is 24.6 Å². The molecule has 1 aromatic carbocycles. The summed E-state index contributed by atoms with van der Waals surface area (Å²) >= 11 is 0. The number of ether oxygens (including phenoxy) is 1. The summed E-state index contributed by atoms with van der Waals surface area (Å²) in [6.45, 7) is 2.06. The van der Waals surface area contributed by atoms with Gasteiger partial charge in [-0.05, 0) is 24.6 Å². The van der Waals surface area contributed by atoms with E-state index in [1.807, 2.05) is 6.07 Å². The van der Waals surface area contributed by atoms with E-state index in [2.05, 4.69) is 0 Å². The number of hydrogen-bond acceptors (Lipinski definition) is 3. The Bertz CT molecular complexity index is 489. The first-order chi connectivity index (χ1) is 8.67. The van der Waals surface area contributed by atoms with Gasteiger partial charge in [0, 0.05) is 5.56 Å². The van der Waals surface area contributed by atoms with Gasteiger partial charge in [-0.3, -0.25) is 4.79 Å². The Kier molecular flexibility index (Phi) is 5.59. The summed E-state index contributed by atoms with van der Waals surface area (Å²) in [6, 6.07) is 6.49. The topological polar surface area (TPSA) is 50.1 Å². The second-order valence-corrected chi connectivity index (χ2v) is 3.60.